The first-order chi connectivity index (χ1) is 22.3. The zero-order chi connectivity index (χ0) is 32.5. The average Bonchev–Trinajstić information content (AvgIpc) is 3.54. The third-order valence-electron chi connectivity index (χ3n) is 8.73. The first kappa shape index (κ1) is 31.0. The lowest BCUT2D eigenvalue weighted by atomic mass is 9.94. The average molecular weight is 631 g/mol. The number of aromatic nitrogens is 2. The van der Waals surface area contributed by atoms with Crippen LogP contribution in [0.5, 0.6) is 5.75 Å². The van der Waals surface area contributed by atoms with Crippen molar-refractivity contribution in [1.29, 1.82) is 0 Å². The van der Waals surface area contributed by atoms with Gasteiger partial charge in [-0.3, -0.25) is 14.2 Å². The van der Waals surface area contributed by atoms with Gasteiger partial charge in [0.15, 0.2) is 4.80 Å². The van der Waals surface area contributed by atoms with Crippen LogP contribution < -0.4 is 19.6 Å². The Balaban J connectivity index is 1.47. The van der Waals surface area contributed by atoms with Gasteiger partial charge in [-0.15, -0.1) is 0 Å². The van der Waals surface area contributed by atoms with E-state index >= 15 is 0 Å². The van der Waals surface area contributed by atoms with Crippen molar-refractivity contribution in [2.45, 2.75) is 40.7 Å². The summed E-state index contributed by atoms with van der Waals surface area (Å²) in [5.41, 5.74) is 8.11. The molecule has 5 aromatic rings. The summed E-state index contributed by atoms with van der Waals surface area (Å²) in [5, 5.41) is 0. The van der Waals surface area contributed by atoms with Crippen LogP contribution in [-0.2, 0) is 4.79 Å². The number of rotatable bonds is 8. The lowest BCUT2D eigenvalue weighted by Crippen LogP contribution is -2.43. The van der Waals surface area contributed by atoms with Crippen LogP contribution in [0.1, 0.15) is 49.3 Å². The zero-order valence-electron chi connectivity index (χ0n) is 27.1. The van der Waals surface area contributed by atoms with Crippen molar-refractivity contribution in [3.05, 3.63) is 138 Å². The second-order valence-corrected chi connectivity index (χ2v) is 12.4. The summed E-state index contributed by atoms with van der Waals surface area (Å²) in [6.07, 6.45) is 1.95. The maximum absolute atomic E-state index is 14.3. The lowest BCUT2D eigenvalue weighted by molar-refractivity contribution is -0.127. The summed E-state index contributed by atoms with van der Waals surface area (Å²) in [7, 11) is 1.61. The SMILES string of the molecule is CCN(CC)C(=O)C1=C(C)N=c2s/c(=C/c3cc(C)n(-c4ccc(-c5ccccc5)cc4)c3C)c(=O)n2[C@@H]1c1ccccc1OC. The number of hydrogen-bond acceptors (Lipinski definition) is 5. The van der Waals surface area contributed by atoms with Gasteiger partial charge in [-0.25, -0.2) is 4.99 Å². The van der Waals surface area contributed by atoms with E-state index in [0.717, 1.165) is 33.8 Å². The highest BCUT2D eigenvalue weighted by atomic mass is 32.1. The first-order valence-corrected chi connectivity index (χ1v) is 16.4. The molecule has 46 heavy (non-hydrogen) atoms. The van der Waals surface area contributed by atoms with Gasteiger partial charge in [-0.2, -0.15) is 0 Å². The van der Waals surface area contributed by atoms with E-state index in [0.29, 0.717) is 39.4 Å². The number of carbonyl (C=O) groups is 1. The number of amides is 1. The van der Waals surface area contributed by atoms with Gasteiger partial charge in [-0.1, -0.05) is 72.0 Å². The Kier molecular flexibility index (Phi) is 8.65. The molecular weight excluding hydrogens is 593 g/mol. The number of hydrogen-bond donors (Lipinski definition) is 0. The minimum atomic E-state index is -0.668. The van der Waals surface area contributed by atoms with Crippen molar-refractivity contribution in [2.24, 2.45) is 4.99 Å². The molecule has 6 rings (SSSR count). The van der Waals surface area contributed by atoms with Crippen LogP contribution in [0, 0.1) is 13.8 Å². The summed E-state index contributed by atoms with van der Waals surface area (Å²) in [6.45, 7) is 11.0. The van der Waals surface area contributed by atoms with E-state index in [-0.39, 0.29) is 11.5 Å². The maximum atomic E-state index is 14.3. The summed E-state index contributed by atoms with van der Waals surface area (Å²) < 4.78 is 10.2. The van der Waals surface area contributed by atoms with E-state index in [1.807, 2.05) is 69.3 Å². The van der Waals surface area contributed by atoms with Gasteiger partial charge in [0.25, 0.3) is 11.5 Å². The summed E-state index contributed by atoms with van der Waals surface area (Å²) in [5.74, 6) is 0.488. The number of thiazole rings is 1. The highest BCUT2D eigenvalue weighted by molar-refractivity contribution is 7.07. The van der Waals surface area contributed by atoms with E-state index in [1.54, 1.807) is 16.6 Å². The number of para-hydroxylation sites is 1. The Bertz CT molecular complexity index is 2130. The summed E-state index contributed by atoms with van der Waals surface area (Å²) in [4.78, 5) is 35.4. The largest absolute Gasteiger partial charge is 0.496 e. The molecule has 1 atom stereocenters. The fourth-order valence-corrected chi connectivity index (χ4v) is 7.41. The number of allylic oxidation sites excluding steroid dienone is 1. The third-order valence-corrected chi connectivity index (χ3v) is 9.71. The topological polar surface area (TPSA) is 68.8 Å². The fourth-order valence-electron chi connectivity index (χ4n) is 6.37. The van der Waals surface area contributed by atoms with Crippen LogP contribution in [0.15, 0.2) is 106 Å². The highest BCUT2D eigenvalue weighted by Gasteiger charge is 2.35. The quantitative estimate of drug-likeness (QED) is 0.206. The van der Waals surface area contributed by atoms with Gasteiger partial charge in [0.2, 0.25) is 0 Å². The number of aryl methyl sites for hydroxylation is 1. The number of nitrogens with zero attached hydrogens (tertiary/aromatic N) is 4. The van der Waals surface area contributed by atoms with Crippen molar-refractivity contribution < 1.29 is 9.53 Å². The van der Waals surface area contributed by atoms with Crippen molar-refractivity contribution >= 4 is 23.3 Å². The van der Waals surface area contributed by atoms with E-state index in [2.05, 4.69) is 60.9 Å². The Morgan fingerprint density at radius 3 is 2.26 bits per heavy atom. The molecular formula is C38H38N4O3S. The molecule has 234 valence electrons. The summed E-state index contributed by atoms with van der Waals surface area (Å²) in [6, 6.07) is 27.9. The van der Waals surface area contributed by atoms with Crippen LogP contribution in [0.4, 0.5) is 0 Å². The molecule has 0 spiro atoms. The standard InChI is InChI=1S/C38H38N4O3S/c1-7-40(8-2)37(44)34-25(4)39-38-42(35(34)31-16-12-13-17-32(31)45-6)36(43)33(46-38)23-29-22-24(3)41(26(29)5)30-20-18-28(19-21-30)27-14-10-9-11-15-27/h9-23,35H,7-8H2,1-6H3/b33-23+/t35-/m1/s1. The smallest absolute Gasteiger partial charge is 0.271 e. The fraction of sp³-hybridized carbons (Fsp3) is 0.237. The second-order valence-electron chi connectivity index (χ2n) is 11.4. The second kappa shape index (κ2) is 12.8. The molecule has 1 amide bonds. The van der Waals surface area contributed by atoms with E-state index in [1.165, 1.54) is 16.9 Å². The number of methoxy groups -OCH3 is 1. The van der Waals surface area contributed by atoms with Gasteiger partial charge < -0.3 is 14.2 Å². The Morgan fingerprint density at radius 1 is 0.935 bits per heavy atom. The molecule has 0 radical (unpaired) electrons. The molecule has 0 saturated heterocycles. The van der Waals surface area contributed by atoms with Gasteiger partial charge in [0.05, 0.1) is 22.9 Å². The minimum Gasteiger partial charge on any atom is -0.496 e. The minimum absolute atomic E-state index is 0.127. The molecule has 7 nitrogen and oxygen atoms in total. The van der Waals surface area contributed by atoms with Crippen LogP contribution in [-0.4, -0.2) is 40.1 Å². The molecule has 0 fully saturated rings. The van der Waals surface area contributed by atoms with Gasteiger partial charge in [0.1, 0.15) is 11.8 Å². The number of carbonyl (C=O) groups excluding carboxylic acids is 1. The predicted molar refractivity (Wildman–Crippen MR) is 185 cm³/mol. The van der Waals surface area contributed by atoms with Gasteiger partial charge in [-0.05, 0) is 81.7 Å². The van der Waals surface area contributed by atoms with Gasteiger partial charge in [0, 0.05) is 35.7 Å². The highest BCUT2D eigenvalue weighted by Crippen LogP contribution is 2.36. The number of ether oxygens (including phenoxy) is 1. The molecule has 1 aliphatic rings. The van der Waals surface area contributed by atoms with Crippen molar-refractivity contribution in [3.8, 4) is 22.6 Å². The maximum Gasteiger partial charge on any atom is 0.271 e. The summed E-state index contributed by atoms with van der Waals surface area (Å²) >= 11 is 1.34. The Morgan fingerprint density at radius 2 is 1.59 bits per heavy atom. The predicted octanol–water partition coefficient (Wildman–Crippen LogP) is 6.19. The molecule has 3 heterocycles. The lowest BCUT2D eigenvalue weighted by Gasteiger charge is -2.29. The van der Waals surface area contributed by atoms with Gasteiger partial charge >= 0.3 is 0 Å². The first-order valence-electron chi connectivity index (χ1n) is 15.6. The number of benzene rings is 3. The molecule has 3 aromatic carbocycles. The number of likely N-dealkylation sites (N-methyl/N-ethyl adjacent to an activating group) is 1. The molecule has 2 aromatic heterocycles. The van der Waals surface area contributed by atoms with E-state index in [4.69, 9.17) is 9.73 Å². The van der Waals surface area contributed by atoms with Crippen molar-refractivity contribution in [1.82, 2.24) is 14.0 Å². The molecule has 8 heteroatoms. The number of fused-ring (bicyclic) bond motifs is 1. The Labute approximate surface area is 273 Å². The molecule has 0 N–H and O–H groups in total. The normalized spacial score (nSPS) is 14.7. The zero-order valence-corrected chi connectivity index (χ0v) is 27.9. The Hall–Kier alpha value is -4.95. The molecule has 0 unspecified atom stereocenters. The van der Waals surface area contributed by atoms with Crippen molar-refractivity contribution in [3.63, 3.8) is 0 Å². The molecule has 0 aliphatic carbocycles. The van der Waals surface area contributed by atoms with Crippen LogP contribution in [0.2, 0.25) is 0 Å². The third kappa shape index (κ3) is 5.43. The molecule has 0 bridgehead atoms. The van der Waals surface area contributed by atoms with Crippen LogP contribution >= 0.6 is 11.3 Å². The van der Waals surface area contributed by atoms with Crippen LogP contribution in [0.3, 0.4) is 0 Å². The van der Waals surface area contributed by atoms with E-state index in [9.17, 15) is 9.59 Å². The van der Waals surface area contributed by atoms with E-state index < -0.39 is 6.04 Å². The molecule has 1 aliphatic heterocycles. The molecule has 0 saturated carbocycles. The monoisotopic (exact) mass is 630 g/mol. The van der Waals surface area contributed by atoms with Crippen LogP contribution in [0.25, 0.3) is 22.9 Å². The van der Waals surface area contributed by atoms with Crippen molar-refractivity contribution in [2.75, 3.05) is 20.2 Å².